The minimum Gasteiger partial charge on any atom is -0.177 e. The molecule has 1 heterocycles. The Labute approximate surface area is 125 Å². The second kappa shape index (κ2) is 5.20. The molecule has 2 aromatic carbocycles. The van der Waals surface area contributed by atoms with Crippen molar-refractivity contribution in [2.75, 3.05) is 0 Å². The average Bonchev–Trinajstić information content (AvgIpc) is 2.72. The fraction of sp³-hybridized carbons (Fsp3) is 0.0667. The van der Waals surface area contributed by atoms with E-state index in [1.165, 1.54) is 0 Å². The number of benzene rings is 2. The summed E-state index contributed by atoms with van der Waals surface area (Å²) in [6.45, 7) is 2.01. The van der Waals surface area contributed by atoms with Crippen LogP contribution in [-0.2, 0) is 18.7 Å². The fourth-order valence-corrected chi connectivity index (χ4v) is 6.10. The van der Waals surface area contributed by atoms with E-state index < -0.39 is 18.7 Å². The smallest absolute Gasteiger partial charge is 0.177 e. The van der Waals surface area contributed by atoms with Gasteiger partial charge in [-0.15, -0.1) is 0 Å². The number of halogens is 1. The van der Waals surface area contributed by atoms with Crippen LogP contribution in [0.25, 0.3) is 5.57 Å². The highest BCUT2D eigenvalue weighted by molar-refractivity contribution is 8.36. The van der Waals surface area contributed by atoms with Gasteiger partial charge in [0.2, 0.25) is 0 Å². The van der Waals surface area contributed by atoms with E-state index in [1.807, 2.05) is 55.5 Å². The SMILES string of the molecule is Cc1ccc(C2=C(Cl)S(=S(=O)=O)c3ccccc32)cc1. The van der Waals surface area contributed by atoms with Gasteiger partial charge in [0.1, 0.15) is 0 Å². The topological polar surface area (TPSA) is 34.1 Å². The molecule has 3 rings (SSSR count). The molecule has 0 fully saturated rings. The lowest BCUT2D eigenvalue weighted by atomic mass is 9.99. The number of fused-ring (bicyclic) bond motifs is 1. The van der Waals surface area contributed by atoms with E-state index in [9.17, 15) is 8.42 Å². The molecule has 1 unspecified atom stereocenters. The Morgan fingerprint density at radius 1 is 1.00 bits per heavy atom. The molecule has 0 saturated heterocycles. The maximum atomic E-state index is 11.5. The van der Waals surface area contributed by atoms with Gasteiger partial charge in [-0.1, -0.05) is 59.6 Å². The molecule has 102 valence electrons. The van der Waals surface area contributed by atoms with Crippen LogP contribution in [0.1, 0.15) is 16.7 Å². The number of hydrogen-bond donors (Lipinski definition) is 0. The molecule has 1 aliphatic rings. The lowest BCUT2D eigenvalue weighted by molar-refractivity contribution is 0.628. The highest BCUT2D eigenvalue weighted by Gasteiger charge is 2.27. The van der Waals surface area contributed by atoms with E-state index >= 15 is 0 Å². The number of hydrogen-bond acceptors (Lipinski definition) is 2. The van der Waals surface area contributed by atoms with Crippen LogP contribution in [0.4, 0.5) is 0 Å². The molecule has 1 aliphatic heterocycles. The average molecular weight is 323 g/mol. The van der Waals surface area contributed by atoms with Gasteiger partial charge in [0.05, 0.1) is 4.36 Å². The molecular weight excluding hydrogens is 312 g/mol. The van der Waals surface area contributed by atoms with E-state index in [0.717, 1.165) is 27.2 Å². The van der Waals surface area contributed by atoms with Crippen LogP contribution in [-0.4, -0.2) is 8.42 Å². The predicted octanol–water partition coefficient (Wildman–Crippen LogP) is 3.74. The zero-order valence-corrected chi connectivity index (χ0v) is 13.0. The molecule has 1 atom stereocenters. The van der Waals surface area contributed by atoms with Gasteiger partial charge >= 0.3 is 0 Å². The molecule has 0 aliphatic carbocycles. The van der Waals surface area contributed by atoms with Crippen LogP contribution in [0.2, 0.25) is 0 Å². The maximum Gasteiger partial charge on any atom is 0.250 e. The van der Waals surface area contributed by atoms with Crippen LogP contribution in [0.15, 0.2) is 57.8 Å². The van der Waals surface area contributed by atoms with Crippen molar-refractivity contribution >= 4 is 35.9 Å². The molecule has 5 heteroatoms. The van der Waals surface area contributed by atoms with Crippen molar-refractivity contribution in [3.63, 3.8) is 0 Å². The molecule has 20 heavy (non-hydrogen) atoms. The van der Waals surface area contributed by atoms with E-state index in [0.29, 0.717) is 4.36 Å². The Hall–Kier alpha value is -1.36. The highest BCUT2D eigenvalue weighted by Crippen LogP contribution is 2.42. The minimum atomic E-state index is -2.24. The van der Waals surface area contributed by atoms with E-state index in [4.69, 9.17) is 11.6 Å². The monoisotopic (exact) mass is 322 g/mol. The van der Waals surface area contributed by atoms with E-state index in [-0.39, 0.29) is 0 Å². The number of rotatable bonds is 1. The minimum absolute atomic E-state index is 0.406. The zero-order chi connectivity index (χ0) is 14.3. The molecule has 0 bridgehead atoms. The van der Waals surface area contributed by atoms with Crippen LogP contribution < -0.4 is 0 Å². The fourth-order valence-electron chi connectivity index (χ4n) is 2.25. The van der Waals surface area contributed by atoms with Gasteiger partial charge in [-0.3, -0.25) is 0 Å². The Kier molecular flexibility index (Phi) is 3.54. The molecule has 0 N–H and O–H groups in total. The summed E-state index contributed by atoms with van der Waals surface area (Å²) in [6, 6.07) is 15.4. The zero-order valence-electron chi connectivity index (χ0n) is 10.6. The Balaban J connectivity index is 2.35. The van der Waals surface area contributed by atoms with Crippen molar-refractivity contribution in [3.8, 4) is 0 Å². The third kappa shape index (κ3) is 2.14. The molecule has 2 nitrogen and oxygen atoms in total. The second-order valence-electron chi connectivity index (χ2n) is 4.48. The molecule has 0 radical (unpaired) electrons. The molecule has 0 aromatic heterocycles. The standard InChI is InChI=1S/C15H11ClO2S2/c1-10-6-8-11(9-7-10)14-12-4-2-3-5-13(12)19(15(14)16)20(17)18/h2-9H,1H3. The van der Waals surface area contributed by atoms with Gasteiger partial charge in [-0.05, 0) is 24.1 Å². The lowest BCUT2D eigenvalue weighted by Crippen LogP contribution is -1.87. The Morgan fingerprint density at radius 2 is 1.65 bits per heavy atom. The largest absolute Gasteiger partial charge is 0.250 e. The quantitative estimate of drug-likeness (QED) is 0.801. The predicted molar refractivity (Wildman–Crippen MR) is 84.0 cm³/mol. The van der Waals surface area contributed by atoms with Gasteiger partial charge < -0.3 is 0 Å². The third-order valence-electron chi connectivity index (χ3n) is 3.19. The van der Waals surface area contributed by atoms with Crippen LogP contribution in [0, 0.1) is 6.92 Å². The van der Waals surface area contributed by atoms with Crippen molar-refractivity contribution in [1.29, 1.82) is 0 Å². The Morgan fingerprint density at radius 3 is 2.30 bits per heavy atom. The summed E-state index contributed by atoms with van der Waals surface area (Å²) < 4.78 is 23.4. The van der Waals surface area contributed by atoms with Crippen molar-refractivity contribution in [3.05, 3.63) is 69.6 Å². The van der Waals surface area contributed by atoms with Crippen molar-refractivity contribution in [2.45, 2.75) is 11.8 Å². The summed E-state index contributed by atoms with van der Waals surface area (Å²) in [5.41, 5.74) is 3.85. The second-order valence-corrected chi connectivity index (χ2v) is 8.70. The lowest BCUT2D eigenvalue weighted by Gasteiger charge is -2.05. The van der Waals surface area contributed by atoms with Crippen LogP contribution in [0.3, 0.4) is 0 Å². The first kappa shape index (κ1) is 13.6. The summed E-state index contributed by atoms with van der Waals surface area (Å²) in [4.78, 5) is 0.779. The summed E-state index contributed by atoms with van der Waals surface area (Å²) in [6.07, 6.45) is 0. The molecule has 0 saturated carbocycles. The van der Waals surface area contributed by atoms with Gasteiger partial charge in [0.25, 0.3) is 9.26 Å². The van der Waals surface area contributed by atoms with Gasteiger partial charge in [0.15, 0.2) is 0 Å². The van der Waals surface area contributed by atoms with Crippen molar-refractivity contribution in [2.24, 2.45) is 0 Å². The normalized spacial score (nSPS) is 17.2. The first-order chi connectivity index (χ1) is 9.59. The van der Waals surface area contributed by atoms with Gasteiger partial charge in [-0.2, -0.15) is 8.42 Å². The molecule has 2 aromatic rings. The Bertz CT molecular complexity index is 855. The summed E-state index contributed by atoms with van der Waals surface area (Å²) in [5.74, 6) is 0. The summed E-state index contributed by atoms with van der Waals surface area (Å²) in [5, 5.41) is 0. The van der Waals surface area contributed by atoms with Crippen molar-refractivity contribution < 1.29 is 8.42 Å². The molecular formula is C15H11ClO2S2. The first-order valence-corrected chi connectivity index (χ1v) is 9.19. The number of aryl methyl sites for hydroxylation is 1. The maximum absolute atomic E-state index is 11.5. The van der Waals surface area contributed by atoms with E-state index in [2.05, 4.69) is 0 Å². The van der Waals surface area contributed by atoms with Gasteiger partial charge in [-0.25, -0.2) is 0 Å². The van der Waals surface area contributed by atoms with Gasteiger partial charge in [0, 0.05) is 19.9 Å². The first-order valence-electron chi connectivity index (χ1n) is 6.00. The molecule has 0 amide bonds. The molecule has 0 spiro atoms. The van der Waals surface area contributed by atoms with Crippen LogP contribution >= 0.6 is 11.6 Å². The third-order valence-corrected chi connectivity index (χ3v) is 7.53. The van der Waals surface area contributed by atoms with Crippen molar-refractivity contribution in [1.82, 2.24) is 0 Å². The van der Waals surface area contributed by atoms with Crippen LogP contribution in [0.5, 0.6) is 0 Å². The summed E-state index contributed by atoms with van der Waals surface area (Å²) in [7, 11) is -3.32. The summed E-state index contributed by atoms with van der Waals surface area (Å²) >= 11 is 6.38. The highest BCUT2D eigenvalue weighted by atomic mass is 35.5. The van der Waals surface area contributed by atoms with E-state index in [1.54, 1.807) is 0 Å².